The third kappa shape index (κ3) is 2.69. The minimum atomic E-state index is -0.120. The first kappa shape index (κ1) is 11.3. The smallest absolute Gasteiger partial charge is 0.0659 e. The van der Waals surface area contributed by atoms with Crippen molar-refractivity contribution in [1.29, 1.82) is 0 Å². The highest BCUT2D eigenvalue weighted by Gasteiger charge is 2.35. The first-order valence-corrected chi connectivity index (χ1v) is 5.92. The molecule has 2 aliphatic rings. The van der Waals surface area contributed by atoms with Crippen molar-refractivity contribution in [2.75, 3.05) is 39.5 Å². The number of hydrogen-bond acceptors (Lipinski definition) is 4. The molecule has 2 rings (SSSR count). The van der Waals surface area contributed by atoms with Crippen LogP contribution in [0.5, 0.6) is 0 Å². The number of ether oxygens (including phenoxy) is 2. The lowest BCUT2D eigenvalue weighted by atomic mass is 9.98. The largest absolute Gasteiger partial charge is 0.379 e. The Balaban J connectivity index is 1.90. The van der Waals surface area contributed by atoms with Crippen LogP contribution in [0.25, 0.3) is 0 Å². The molecule has 0 bridgehead atoms. The van der Waals surface area contributed by atoms with Gasteiger partial charge in [0, 0.05) is 25.7 Å². The van der Waals surface area contributed by atoms with Crippen LogP contribution in [0.1, 0.15) is 19.8 Å². The molecule has 15 heavy (non-hydrogen) atoms. The van der Waals surface area contributed by atoms with Crippen LogP contribution < -0.4 is 5.73 Å². The van der Waals surface area contributed by atoms with Gasteiger partial charge in [0.15, 0.2) is 0 Å². The van der Waals surface area contributed by atoms with E-state index in [1.54, 1.807) is 0 Å². The average molecular weight is 214 g/mol. The van der Waals surface area contributed by atoms with Crippen molar-refractivity contribution < 1.29 is 9.47 Å². The van der Waals surface area contributed by atoms with E-state index in [4.69, 9.17) is 15.2 Å². The van der Waals surface area contributed by atoms with Gasteiger partial charge in [0.05, 0.1) is 25.4 Å². The number of rotatable bonds is 3. The van der Waals surface area contributed by atoms with Crippen LogP contribution in [0, 0.1) is 0 Å². The van der Waals surface area contributed by atoms with Crippen LogP contribution in [0.4, 0.5) is 0 Å². The summed E-state index contributed by atoms with van der Waals surface area (Å²) in [6, 6.07) is 0.541. The van der Waals surface area contributed by atoms with Gasteiger partial charge < -0.3 is 15.2 Å². The highest BCUT2D eigenvalue weighted by molar-refractivity contribution is 4.93. The maximum Gasteiger partial charge on any atom is 0.0659 e. The predicted molar refractivity (Wildman–Crippen MR) is 58.8 cm³/mol. The van der Waals surface area contributed by atoms with Crippen molar-refractivity contribution in [3.63, 3.8) is 0 Å². The Kier molecular flexibility index (Phi) is 3.61. The van der Waals surface area contributed by atoms with Crippen LogP contribution >= 0.6 is 0 Å². The van der Waals surface area contributed by atoms with Gasteiger partial charge in [0.25, 0.3) is 0 Å². The molecule has 2 unspecified atom stereocenters. The first-order chi connectivity index (χ1) is 7.23. The van der Waals surface area contributed by atoms with E-state index in [0.29, 0.717) is 12.6 Å². The van der Waals surface area contributed by atoms with Crippen molar-refractivity contribution in [3.8, 4) is 0 Å². The Bertz CT molecular complexity index is 205. The number of morpholine rings is 1. The van der Waals surface area contributed by atoms with Gasteiger partial charge in [-0.25, -0.2) is 0 Å². The third-order valence-electron chi connectivity index (χ3n) is 3.47. The number of hydrogen-bond donors (Lipinski definition) is 1. The molecule has 0 saturated carbocycles. The molecule has 0 aromatic carbocycles. The lowest BCUT2D eigenvalue weighted by Crippen LogP contribution is -2.56. The van der Waals surface area contributed by atoms with E-state index in [-0.39, 0.29) is 5.54 Å². The topological polar surface area (TPSA) is 47.7 Å². The van der Waals surface area contributed by atoms with Gasteiger partial charge in [-0.05, 0) is 12.8 Å². The Morgan fingerprint density at radius 1 is 1.40 bits per heavy atom. The van der Waals surface area contributed by atoms with Gasteiger partial charge >= 0.3 is 0 Å². The van der Waals surface area contributed by atoms with Crippen molar-refractivity contribution >= 4 is 0 Å². The van der Waals surface area contributed by atoms with E-state index in [2.05, 4.69) is 11.8 Å². The summed E-state index contributed by atoms with van der Waals surface area (Å²) < 4.78 is 10.9. The maximum absolute atomic E-state index is 6.30. The van der Waals surface area contributed by atoms with Crippen LogP contribution in [0.3, 0.4) is 0 Å². The molecule has 0 spiro atoms. The molecule has 0 amide bonds. The normalized spacial score (nSPS) is 38.4. The standard InChI is InChI=1S/C11H22N2O2/c1-2-10-7-14-6-4-13(10)8-11(12)3-5-15-9-11/h10H,2-9,12H2,1H3. The molecular weight excluding hydrogens is 192 g/mol. The number of nitrogens with zero attached hydrogens (tertiary/aromatic N) is 1. The fourth-order valence-electron chi connectivity index (χ4n) is 2.43. The second-order valence-electron chi connectivity index (χ2n) is 4.77. The highest BCUT2D eigenvalue weighted by Crippen LogP contribution is 2.20. The first-order valence-electron chi connectivity index (χ1n) is 5.92. The predicted octanol–water partition coefficient (Wildman–Crippen LogP) is 0.215. The summed E-state index contributed by atoms with van der Waals surface area (Å²) in [6.07, 6.45) is 2.12. The molecular formula is C11H22N2O2. The molecule has 2 N–H and O–H groups in total. The molecule has 0 aromatic heterocycles. The summed E-state index contributed by atoms with van der Waals surface area (Å²) >= 11 is 0. The molecule has 0 radical (unpaired) electrons. The molecule has 2 saturated heterocycles. The molecule has 4 nitrogen and oxygen atoms in total. The van der Waals surface area contributed by atoms with Crippen molar-refractivity contribution in [2.45, 2.75) is 31.3 Å². The summed E-state index contributed by atoms with van der Waals surface area (Å²) in [5.41, 5.74) is 6.18. The summed E-state index contributed by atoms with van der Waals surface area (Å²) in [5, 5.41) is 0. The van der Waals surface area contributed by atoms with Crippen molar-refractivity contribution in [2.24, 2.45) is 5.73 Å². The summed E-state index contributed by atoms with van der Waals surface area (Å²) in [5.74, 6) is 0. The van der Waals surface area contributed by atoms with Crippen LogP contribution in [-0.2, 0) is 9.47 Å². The Morgan fingerprint density at radius 2 is 2.27 bits per heavy atom. The molecule has 2 heterocycles. The van der Waals surface area contributed by atoms with E-state index in [1.807, 2.05) is 0 Å². The summed E-state index contributed by atoms with van der Waals surface area (Å²) in [7, 11) is 0. The highest BCUT2D eigenvalue weighted by atomic mass is 16.5. The average Bonchev–Trinajstić information content (AvgIpc) is 2.66. The lowest BCUT2D eigenvalue weighted by Gasteiger charge is -2.39. The van der Waals surface area contributed by atoms with Gasteiger partial charge in [-0.1, -0.05) is 6.92 Å². The molecule has 2 fully saturated rings. The second-order valence-corrected chi connectivity index (χ2v) is 4.77. The van der Waals surface area contributed by atoms with E-state index in [0.717, 1.165) is 45.8 Å². The summed E-state index contributed by atoms with van der Waals surface area (Å²) in [6.45, 7) is 7.40. The zero-order valence-corrected chi connectivity index (χ0v) is 9.58. The van der Waals surface area contributed by atoms with Crippen LogP contribution in [0.2, 0.25) is 0 Å². The molecule has 88 valence electrons. The SMILES string of the molecule is CCC1COCCN1CC1(N)CCOC1. The van der Waals surface area contributed by atoms with Gasteiger partial charge in [-0.15, -0.1) is 0 Å². The van der Waals surface area contributed by atoms with Gasteiger partial charge in [-0.3, -0.25) is 4.90 Å². The number of nitrogens with two attached hydrogens (primary N) is 1. The van der Waals surface area contributed by atoms with Crippen molar-refractivity contribution in [1.82, 2.24) is 4.90 Å². The quantitative estimate of drug-likeness (QED) is 0.730. The van der Waals surface area contributed by atoms with E-state index >= 15 is 0 Å². The molecule has 0 aromatic rings. The zero-order valence-electron chi connectivity index (χ0n) is 9.58. The van der Waals surface area contributed by atoms with Gasteiger partial charge in [0.1, 0.15) is 0 Å². The monoisotopic (exact) mass is 214 g/mol. The van der Waals surface area contributed by atoms with E-state index in [9.17, 15) is 0 Å². The minimum Gasteiger partial charge on any atom is -0.379 e. The molecule has 4 heteroatoms. The Labute approximate surface area is 91.7 Å². The fourth-order valence-corrected chi connectivity index (χ4v) is 2.43. The maximum atomic E-state index is 6.30. The van der Waals surface area contributed by atoms with Crippen LogP contribution in [0.15, 0.2) is 0 Å². The fraction of sp³-hybridized carbons (Fsp3) is 1.00. The minimum absolute atomic E-state index is 0.120. The Morgan fingerprint density at radius 3 is 2.93 bits per heavy atom. The van der Waals surface area contributed by atoms with Crippen LogP contribution in [-0.4, -0.2) is 56.0 Å². The summed E-state index contributed by atoms with van der Waals surface area (Å²) in [4.78, 5) is 2.47. The van der Waals surface area contributed by atoms with Gasteiger partial charge in [-0.2, -0.15) is 0 Å². The third-order valence-corrected chi connectivity index (χ3v) is 3.47. The van der Waals surface area contributed by atoms with Crippen molar-refractivity contribution in [3.05, 3.63) is 0 Å². The molecule has 0 aliphatic carbocycles. The van der Waals surface area contributed by atoms with E-state index < -0.39 is 0 Å². The molecule has 2 atom stereocenters. The zero-order chi connectivity index (χ0) is 10.7. The second kappa shape index (κ2) is 4.78. The lowest BCUT2D eigenvalue weighted by molar-refractivity contribution is -0.0188. The molecule has 2 aliphatic heterocycles. The Hall–Kier alpha value is -0.160. The van der Waals surface area contributed by atoms with Gasteiger partial charge in [0.2, 0.25) is 0 Å². The van der Waals surface area contributed by atoms with E-state index in [1.165, 1.54) is 0 Å².